The van der Waals surface area contributed by atoms with E-state index in [0.717, 1.165) is 4.90 Å². The van der Waals surface area contributed by atoms with Crippen molar-refractivity contribution in [2.24, 2.45) is 0 Å². The molecule has 0 spiro atoms. The molecule has 0 saturated carbocycles. The lowest BCUT2D eigenvalue weighted by Gasteiger charge is -2.28. The van der Waals surface area contributed by atoms with Gasteiger partial charge in [0.15, 0.2) is 0 Å². The smallest absolute Gasteiger partial charge is 0.419 e. The highest BCUT2D eigenvalue weighted by Gasteiger charge is 2.31. The second-order valence-corrected chi connectivity index (χ2v) is 11.7. The van der Waals surface area contributed by atoms with Crippen LogP contribution in [0.15, 0.2) is 5.38 Å². The first-order valence-electron chi connectivity index (χ1n) is 10.2. The number of nitrogens with zero attached hydrogens (tertiary/aromatic N) is 2. The van der Waals surface area contributed by atoms with Crippen molar-refractivity contribution in [2.45, 2.75) is 79.2 Å². The van der Waals surface area contributed by atoms with Gasteiger partial charge in [0, 0.05) is 18.3 Å². The molecule has 1 rings (SSSR count). The molecule has 0 fully saturated rings. The molecule has 1 heterocycles. The van der Waals surface area contributed by atoms with Crippen LogP contribution in [0.25, 0.3) is 0 Å². The second kappa shape index (κ2) is 11.4. The van der Waals surface area contributed by atoms with Crippen molar-refractivity contribution in [3.63, 3.8) is 0 Å². The quantitative estimate of drug-likeness (QED) is 0.421. The number of carbonyl (C=O) groups is 2. The molecule has 178 valence electrons. The van der Waals surface area contributed by atoms with E-state index in [4.69, 9.17) is 18.5 Å². The van der Waals surface area contributed by atoms with Crippen LogP contribution < -0.4 is 0 Å². The van der Waals surface area contributed by atoms with Gasteiger partial charge in [-0.15, -0.1) is 11.3 Å². The second-order valence-electron chi connectivity index (χ2n) is 8.70. The highest BCUT2D eigenvalue weighted by molar-refractivity contribution is 7.53. The van der Waals surface area contributed by atoms with Gasteiger partial charge in [0.1, 0.15) is 11.2 Å². The number of thiazole rings is 1. The molecule has 9 nitrogen and oxygen atoms in total. The summed E-state index contributed by atoms with van der Waals surface area (Å²) in [5, 5.41) is 2.44. The largest absolute Gasteiger partial charge is 0.443 e. The van der Waals surface area contributed by atoms with E-state index in [9.17, 15) is 14.2 Å². The van der Waals surface area contributed by atoms with Crippen LogP contribution >= 0.6 is 18.9 Å². The standard InChI is InChI=1S/C20H35N2O7PS/c1-9-26-30(25,27-10-2)13-15-14-31-16(21-15)11-12-22(17(23)28-19(3,4)5)18(24)29-20(6,7)8/h14H,9-13H2,1-8H3. The minimum Gasteiger partial charge on any atom is -0.443 e. The number of amides is 2. The van der Waals surface area contributed by atoms with E-state index in [-0.39, 0.29) is 25.9 Å². The lowest BCUT2D eigenvalue weighted by Crippen LogP contribution is -2.44. The number of ether oxygens (including phenoxy) is 2. The summed E-state index contributed by atoms with van der Waals surface area (Å²) in [5.41, 5.74) is -0.942. The molecule has 0 radical (unpaired) electrons. The molecule has 2 amide bonds. The molecule has 0 bridgehead atoms. The SMILES string of the molecule is CCOP(=O)(Cc1csc(CCN(C(=O)OC(C)(C)C)C(=O)OC(C)(C)C)n1)OCC. The first-order valence-corrected chi connectivity index (χ1v) is 12.8. The Kier molecular flexibility index (Phi) is 10.1. The van der Waals surface area contributed by atoms with Crippen LogP contribution in [0.3, 0.4) is 0 Å². The Morgan fingerprint density at radius 2 is 1.48 bits per heavy atom. The third-order valence-electron chi connectivity index (χ3n) is 3.38. The molecular formula is C20H35N2O7PS. The predicted octanol–water partition coefficient (Wildman–Crippen LogP) is 5.62. The van der Waals surface area contributed by atoms with Crippen molar-refractivity contribution in [3.8, 4) is 0 Å². The fourth-order valence-corrected chi connectivity index (χ4v) is 4.87. The monoisotopic (exact) mass is 478 g/mol. The van der Waals surface area contributed by atoms with Crippen LogP contribution in [0.5, 0.6) is 0 Å². The Balaban J connectivity index is 2.89. The normalized spacial score (nSPS) is 12.5. The molecule has 0 aliphatic rings. The van der Waals surface area contributed by atoms with E-state index in [2.05, 4.69) is 4.98 Å². The van der Waals surface area contributed by atoms with Crippen molar-refractivity contribution < 1.29 is 32.7 Å². The van der Waals surface area contributed by atoms with Crippen molar-refractivity contribution in [3.05, 3.63) is 16.1 Å². The molecule has 0 aliphatic heterocycles. The minimum atomic E-state index is -3.26. The highest BCUT2D eigenvalue weighted by atomic mass is 32.1. The van der Waals surface area contributed by atoms with Gasteiger partial charge in [-0.05, 0) is 55.4 Å². The van der Waals surface area contributed by atoms with Crippen LogP contribution in [-0.2, 0) is 35.7 Å². The van der Waals surface area contributed by atoms with Gasteiger partial charge >= 0.3 is 19.8 Å². The van der Waals surface area contributed by atoms with Gasteiger partial charge in [0.05, 0.1) is 30.1 Å². The summed E-state index contributed by atoms with van der Waals surface area (Å²) < 4.78 is 34.0. The summed E-state index contributed by atoms with van der Waals surface area (Å²) >= 11 is 1.34. The molecule has 0 aromatic carbocycles. The molecule has 0 aliphatic carbocycles. The predicted molar refractivity (Wildman–Crippen MR) is 120 cm³/mol. The van der Waals surface area contributed by atoms with Gasteiger partial charge in [-0.2, -0.15) is 0 Å². The van der Waals surface area contributed by atoms with Gasteiger partial charge in [0.2, 0.25) is 0 Å². The molecule has 0 unspecified atom stereocenters. The van der Waals surface area contributed by atoms with Gasteiger partial charge in [0.25, 0.3) is 0 Å². The maximum Gasteiger partial charge on any atom is 0.419 e. The van der Waals surface area contributed by atoms with Crippen LogP contribution in [0, 0.1) is 0 Å². The lowest BCUT2D eigenvalue weighted by molar-refractivity contribution is 0.00170. The van der Waals surface area contributed by atoms with Gasteiger partial charge < -0.3 is 18.5 Å². The van der Waals surface area contributed by atoms with E-state index in [0.29, 0.717) is 17.1 Å². The molecule has 0 N–H and O–H groups in total. The van der Waals surface area contributed by atoms with Gasteiger partial charge in [-0.3, -0.25) is 4.57 Å². The Labute approximate surface area is 188 Å². The summed E-state index contributed by atoms with van der Waals surface area (Å²) in [4.78, 5) is 30.5. The first-order chi connectivity index (χ1) is 14.2. The summed E-state index contributed by atoms with van der Waals surface area (Å²) in [7, 11) is -3.26. The Bertz CT molecular complexity index is 745. The first kappa shape index (κ1) is 27.6. The van der Waals surface area contributed by atoms with Crippen molar-refractivity contribution >= 4 is 31.1 Å². The minimum absolute atomic E-state index is 0.0331. The number of rotatable bonds is 9. The summed E-state index contributed by atoms with van der Waals surface area (Å²) in [6.07, 6.45) is -1.20. The van der Waals surface area contributed by atoms with Crippen LogP contribution in [0.4, 0.5) is 9.59 Å². The third-order valence-corrected chi connectivity index (χ3v) is 6.36. The summed E-state index contributed by atoms with van der Waals surface area (Å²) in [5.74, 6) is 0. The fourth-order valence-electron chi connectivity index (χ4n) is 2.36. The number of aromatic nitrogens is 1. The zero-order chi connectivity index (χ0) is 23.9. The number of imide groups is 1. The van der Waals surface area contributed by atoms with E-state index in [1.807, 2.05) is 0 Å². The Morgan fingerprint density at radius 3 is 1.90 bits per heavy atom. The third kappa shape index (κ3) is 10.6. The number of carbonyl (C=O) groups excluding carboxylic acids is 2. The summed E-state index contributed by atoms with van der Waals surface area (Å²) in [6.45, 7) is 14.4. The van der Waals surface area contributed by atoms with Gasteiger partial charge in [-0.1, -0.05) is 0 Å². The van der Waals surface area contributed by atoms with Crippen molar-refractivity contribution in [1.82, 2.24) is 9.88 Å². The molecule has 31 heavy (non-hydrogen) atoms. The van der Waals surface area contributed by atoms with Crippen molar-refractivity contribution in [1.29, 1.82) is 0 Å². The topological polar surface area (TPSA) is 104 Å². The summed E-state index contributed by atoms with van der Waals surface area (Å²) in [6, 6.07) is 0. The Morgan fingerprint density at radius 1 is 1.00 bits per heavy atom. The molecular weight excluding hydrogens is 443 g/mol. The molecule has 11 heteroatoms. The maximum atomic E-state index is 12.7. The van der Waals surface area contributed by atoms with E-state index in [1.54, 1.807) is 60.8 Å². The zero-order valence-corrected chi connectivity index (χ0v) is 21.4. The zero-order valence-electron chi connectivity index (χ0n) is 19.7. The number of hydrogen-bond acceptors (Lipinski definition) is 9. The van der Waals surface area contributed by atoms with E-state index in [1.165, 1.54) is 11.3 Å². The number of hydrogen-bond donors (Lipinski definition) is 0. The highest BCUT2D eigenvalue weighted by Crippen LogP contribution is 2.51. The van der Waals surface area contributed by atoms with Gasteiger partial charge in [-0.25, -0.2) is 19.5 Å². The molecule has 0 atom stereocenters. The lowest BCUT2D eigenvalue weighted by atomic mass is 10.2. The average Bonchev–Trinajstić information content (AvgIpc) is 2.98. The van der Waals surface area contributed by atoms with E-state index >= 15 is 0 Å². The molecule has 1 aromatic rings. The van der Waals surface area contributed by atoms with Crippen LogP contribution in [0.1, 0.15) is 66.1 Å². The van der Waals surface area contributed by atoms with E-state index < -0.39 is 31.0 Å². The average molecular weight is 479 g/mol. The maximum absolute atomic E-state index is 12.7. The van der Waals surface area contributed by atoms with Crippen LogP contribution in [0.2, 0.25) is 0 Å². The molecule has 0 saturated heterocycles. The fraction of sp³-hybridized carbons (Fsp3) is 0.750. The molecule has 1 aromatic heterocycles. The van der Waals surface area contributed by atoms with Crippen molar-refractivity contribution in [2.75, 3.05) is 19.8 Å². The Hall–Kier alpha value is -1.48. The van der Waals surface area contributed by atoms with Crippen LogP contribution in [-0.4, -0.2) is 53.0 Å².